The van der Waals surface area contributed by atoms with Crippen molar-refractivity contribution in [2.75, 3.05) is 5.32 Å². The van der Waals surface area contributed by atoms with E-state index < -0.39 is 16.9 Å². The predicted octanol–water partition coefficient (Wildman–Crippen LogP) is 3.19. The number of nitrogens with zero attached hydrogens (tertiary/aromatic N) is 1. The third-order valence-corrected chi connectivity index (χ3v) is 3.38. The van der Waals surface area contributed by atoms with Crippen molar-refractivity contribution in [1.29, 1.82) is 0 Å². The average molecular weight is 331 g/mol. The van der Waals surface area contributed by atoms with Gasteiger partial charge in [-0.05, 0) is 34.8 Å². The lowest BCUT2D eigenvalue weighted by Gasteiger charge is -2.20. The van der Waals surface area contributed by atoms with E-state index in [9.17, 15) is 14.9 Å². The first-order chi connectivity index (χ1) is 8.73. The van der Waals surface area contributed by atoms with Crippen LogP contribution in [0.4, 0.5) is 11.4 Å². The van der Waals surface area contributed by atoms with Gasteiger partial charge in [-0.2, -0.15) is 0 Å². The van der Waals surface area contributed by atoms with Crippen molar-refractivity contribution in [1.82, 2.24) is 0 Å². The predicted molar refractivity (Wildman–Crippen MR) is 75.4 cm³/mol. The van der Waals surface area contributed by atoms with Crippen LogP contribution in [0.25, 0.3) is 0 Å². The summed E-state index contributed by atoms with van der Waals surface area (Å²) < 4.78 is 0.469. The van der Waals surface area contributed by atoms with E-state index in [0.717, 1.165) is 0 Å². The van der Waals surface area contributed by atoms with Crippen LogP contribution >= 0.6 is 15.9 Å². The van der Waals surface area contributed by atoms with Crippen molar-refractivity contribution in [2.24, 2.45) is 5.92 Å². The Balaban J connectivity index is 3.12. The number of rotatable bonds is 5. The number of carboxylic acid groups (broad SMARTS) is 1. The Bertz CT molecular complexity index is 517. The topological polar surface area (TPSA) is 92.5 Å². The molecule has 0 heterocycles. The first-order valence-electron chi connectivity index (χ1n) is 5.68. The standard InChI is InChI=1S/C12H15BrN2O4/c1-6(2)11(12(16)17)14-9-4-7(3)10(15(18)19)5-8(9)13/h4-6,11,14H,1-3H3,(H,16,17). The zero-order valence-electron chi connectivity index (χ0n) is 10.8. The molecule has 0 saturated carbocycles. The summed E-state index contributed by atoms with van der Waals surface area (Å²) in [6.45, 7) is 5.19. The number of nitro groups is 1. The monoisotopic (exact) mass is 330 g/mol. The van der Waals surface area contributed by atoms with Crippen molar-refractivity contribution >= 4 is 33.3 Å². The molecule has 0 radical (unpaired) electrons. The maximum atomic E-state index is 11.1. The summed E-state index contributed by atoms with van der Waals surface area (Å²) >= 11 is 3.22. The molecule has 0 saturated heterocycles. The van der Waals surface area contributed by atoms with Gasteiger partial charge in [-0.3, -0.25) is 10.1 Å². The molecule has 0 aromatic heterocycles. The zero-order valence-corrected chi connectivity index (χ0v) is 12.4. The molecule has 104 valence electrons. The smallest absolute Gasteiger partial charge is 0.326 e. The van der Waals surface area contributed by atoms with Gasteiger partial charge in [0.25, 0.3) is 5.69 Å². The van der Waals surface area contributed by atoms with E-state index in [1.165, 1.54) is 6.07 Å². The van der Waals surface area contributed by atoms with Crippen molar-refractivity contribution in [3.63, 3.8) is 0 Å². The molecule has 0 bridgehead atoms. The molecule has 19 heavy (non-hydrogen) atoms. The number of hydrogen-bond acceptors (Lipinski definition) is 4. The number of carboxylic acids is 1. The first-order valence-corrected chi connectivity index (χ1v) is 6.47. The Morgan fingerprint density at radius 3 is 2.47 bits per heavy atom. The van der Waals surface area contributed by atoms with Crippen molar-refractivity contribution in [3.8, 4) is 0 Å². The highest BCUT2D eigenvalue weighted by Crippen LogP contribution is 2.31. The molecule has 0 aliphatic carbocycles. The Hall–Kier alpha value is -1.63. The Kier molecular flexibility index (Phi) is 4.88. The van der Waals surface area contributed by atoms with Crippen LogP contribution in [0.3, 0.4) is 0 Å². The molecule has 1 atom stereocenters. The molecule has 6 nitrogen and oxygen atoms in total. The van der Waals surface area contributed by atoms with Gasteiger partial charge in [0, 0.05) is 21.8 Å². The SMILES string of the molecule is Cc1cc(NC(C(=O)O)C(C)C)c(Br)cc1[N+](=O)[O-]. The number of anilines is 1. The lowest BCUT2D eigenvalue weighted by atomic mass is 10.0. The van der Waals surface area contributed by atoms with Gasteiger partial charge in [-0.1, -0.05) is 13.8 Å². The van der Waals surface area contributed by atoms with Crippen LogP contribution in [0.15, 0.2) is 16.6 Å². The highest BCUT2D eigenvalue weighted by atomic mass is 79.9. The van der Waals surface area contributed by atoms with Crippen LogP contribution in [0.2, 0.25) is 0 Å². The largest absolute Gasteiger partial charge is 0.480 e. The maximum absolute atomic E-state index is 11.1. The van der Waals surface area contributed by atoms with Gasteiger partial charge in [0.05, 0.1) is 4.92 Å². The van der Waals surface area contributed by atoms with Gasteiger partial charge < -0.3 is 10.4 Å². The van der Waals surface area contributed by atoms with Gasteiger partial charge >= 0.3 is 5.97 Å². The number of aryl methyl sites for hydroxylation is 1. The maximum Gasteiger partial charge on any atom is 0.326 e. The van der Waals surface area contributed by atoms with Gasteiger partial charge in [-0.25, -0.2) is 4.79 Å². The van der Waals surface area contributed by atoms with E-state index in [-0.39, 0.29) is 11.6 Å². The van der Waals surface area contributed by atoms with Crippen LogP contribution in [0, 0.1) is 23.0 Å². The van der Waals surface area contributed by atoms with Crippen LogP contribution < -0.4 is 5.32 Å². The number of hydrogen-bond donors (Lipinski definition) is 2. The molecule has 1 rings (SSSR count). The molecule has 0 amide bonds. The van der Waals surface area contributed by atoms with E-state index in [4.69, 9.17) is 5.11 Å². The molecule has 1 unspecified atom stereocenters. The molecule has 0 fully saturated rings. The molecule has 1 aromatic carbocycles. The Morgan fingerprint density at radius 1 is 1.47 bits per heavy atom. The summed E-state index contributed by atoms with van der Waals surface area (Å²) in [5.41, 5.74) is 1.00. The number of nitro benzene ring substituents is 1. The van der Waals surface area contributed by atoms with Crippen LogP contribution in [-0.2, 0) is 4.79 Å². The lowest BCUT2D eigenvalue weighted by Crippen LogP contribution is -2.34. The van der Waals surface area contributed by atoms with Gasteiger partial charge in [0.2, 0.25) is 0 Å². The van der Waals surface area contributed by atoms with E-state index in [1.807, 2.05) is 0 Å². The molecular weight excluding hydrogens is 316 g/mol. The van der Waals surface area contributed by atoms with E-state index >= 15 is 0 Å². The molecule has 1 aromatic rings. The number of aliphatic carboxylic acids is 1. The quantitative estimate of drug-likeness (QED) is 0.638. The van der Waals surface area contributed by atoms with Crippen molar-refractivity contribution in [2.45, 2.75) is 26.8 Å². The van der Waals surface area contributed by atoms with Gasteiger partial charge in [-0.15, -0.1) is 0 Å². The van der Waals surface area contributed by atoms with E-state index in [0.29, 0.717) is 15.7 Å². The number of benzene rings is 1. The highest BCUT2D eigenvalue weighted by molar-refractivity contribution is 9.10. The summed E-state index contributed by atoms with van der Waals surface area (Å²) in [5.74, 6) is -1.07. The highest BCUT2D eigenvalue weighted by Gasteiger charge is 2.23. The third-order valence-electron chi connectivity index (χ3n) is 2.73. The van der Waals surface area contributed by atoms with Crippen LogP contribution in [-0.4, -0.2) is 22.0 Å². The average Bonchev–Trinajstić information content (AvgIpc) is 2.28. The summed E-state index contributed by atoms with van der Waals surface area (Å²) in [6, 6.07) is 2.19. The lowest BCUT2D eigenvalue weighted by molar-refractivity contribution is -0.385. The fourth-order valence-electron chi connectivity index (χ4n) is 1.66. The summed E-state index contributed by atoms with van der Waals surface area (Å²) in [7, 11) is 0. The minimum atomic E-state index is -0.960. The fourth-order valence-corrected chi connectivity index (χ4v) is 2.11. The molecule has 2 N–H and O–H groups in total. The molecule has 7 heteroatoms. The second kappa shape index (κ2) is 6.01. The minimum Gasteiger partial charge on any atom is -0.480 e. The second-order valence-corrected chi connectivity index (χ2v) is 5.43. The fraction of sp³-hybridized carbons (Fsp3) is 0.417. The number of halogens is 1. The van der Waals surface area contributed by atoms with Crippen molar-refractivity contribution < 1.29 is 14.8 Å². The Morgan fingerprint density at radius 2 is 2.05 bits per heavy atom. The normalized spacial score (nSPS) is 12.3. The summed E-state index contributed by atoms with van der Waals surface area (Å²) in [6.07, 6.45) is 0. The molecule has 0 aliphatic rings. The van der Waals surface area contributed by atoms with Crippen LogP contribution in [0.1, 0.15) is 19.4 Å². The minimum absolute atomic E-state index is 0.00570. The third kappa shape index (κ3) is 3.66. The Labute approximate surface area is 119 Å². The number of nitrogens with one attached hydrogen (secondary N) is 1. The molecule has 0 aliphatic heterocycles. The number of carbonyl (C=O) groups is 1. The van der Waals surface area contributed by atoms with Crippen molar-refractivity contribution in [3.05, 3.63) is 32.3 Å². The summed E-state index contributed by atoms with van der Waals surface area (Å²) in [4.78, 5) is 21.5. The van der Waals surface area contributed by atoms with Gasteiger partial charge in [0.15, 0.2) is 0 Å². The summed E-state index contributed by atoms with van der Waals surface area (Å²) in [5, 5.41) is 22.8. The van der Waals surface area contributed by atoms with E-state index in [1.54, 1.807) is 26.8 Å². The van der Waals surface area contributed by atoms with Gasteiger partial charge in [0.1, 0.15) is 6.04 Å². The van der Waals surface area contributed by atoms with Crippen LogP contribution in [0.5, 0.6) is 0 Å². The molecular formula is C12H15BrN2O4. The molecule has 0 spiro atoms. The first kappa shape index (κ1) is 15.4. The zero-order chi connectivity index (χ0) is 14.7. The second-order valence-electron chi connectivity index (χ2n) is 4.58. The van der Waals surface area contributed by atoms with E-state index in [2.05, 4.69) is 21.2 Å².